The first kappa shape index (κ1) is 12.0. The molecule has 1 rings (SSSR count). The van der Waals surface area contributed by atoms with Gasteiger partial charge in [0.15, 0.2) is 11.5 Å². The molecule has 0 amide bonds. The van der Waals surface area contributed by atoms with E-state index >= 15 is 0 Å². The van der Waals surface area contributed by atoms with Crippen LogP contribution >= 0.6 is 0 Å². The number of aromatic hydroxyl groups is 1. The number of rotatable bonds is 4. The Bertz CT molecular complexity index is 426. The summed E-state index contributed by atoms with van der Waals surface area (Å²) in [5.74, 6) is -2.79. The Kier molecular flexibility index (Phi) is 3.88. The lowest BCUT2D eigenvalue weighted by Crippen LogP contribution is -1.95. The van der Waals surface area contributed by atoms with Crippen LogP contribution < -0.4 is 4.74 Å². The van der Waals surface area contributed by atoms with Gasteiger partial charge in [-0.1, -0.05) is 6.07 Å². The van der Waals surface area contributed by atoms with E-state index in [1.54, 1.807) is 6.92 Å². The van der Waals surface area contributed by atoms with Crippen molar-refractivity contribution in [2.75, 3.05) is 6.61 Å². The number of benzene rings is 1. The Morgan fingerprint density at radius 1 is 1.56 bits per heavy atom. The summed E-state index contributed by atoms with van der Waals surface area (Å²) < 4.78 is 17.9. The van der Waals surface area contributed by atoms with Crippen molar-refractivity contribution >= 4 is 12.0 Å². The van der Waals surface area contributed by atoms with Gasteiger partial charge in [-0.05, 0) is 30.7 Å². The van der Waals surface area contributed by atoms with Crippen LogP contribution in [-0.4, -0.2) is 22.8 Å². The molecule has 0 heterocycles. The number of carboxylic acids is 1. The number of phenolic OH excluding ortho intramolecular Hbond substituents is 1. The second-order valence-corrected chi connectivity index (χ2v) is 2.96. The van der Waals surface area contributed by atoms with Crippen molar-refractivity contribution in [3.05, 3.63) is 29.6 Å². The molecule has 0 unspecified atom stereocenters. The van der Waals surface area contributed by atoms with Crippen molar-refractivity contribution in [1.82, 2.24) is 0 Å². The molecule has 0 fully saturated rings. The van der Waals surface area contributed by atoms with Crippen LogP contribution in [-0.2, 0) is 4.79 Å². The fourth-order valence-electron chi connectivity index (χ4n) is 1.10. The number of hydrogen-bond acceptors (Lipinski definition) is 3. The molecular weight excluding hydrogens is 215 g/mol. The van der Waals surface area contributed by atoms with Gasteiger partial charge in [-0.15, -0.1) is 0 Å². The van der Waals surface area contributed by atoms with Gasteiger partial charge in [0, 0.05) is 0 Å². The van der Waals surface area contributed by atoms with Crippen LogP contribution in [0.5, 0.6) is 11.5 Å². The molecule has 4 nitrogen and oxygen atoms in total. The smallest absolute Gasteiger partial charge is 0.364 e. The quantitative estimate of drug-likeness (QED) is 0.772. The van der Waals surface area contributed by atoms with E-state index in [2.05, 4.69) is 0 Å². The molecule has 0 aromatic heterocycles. The molecule has 0 saturated carbocycles. The summed E-state index contributed by atoms with van der Waals surface area (Å²) in [5.41, 5.74) is 0.307. The van der Waals surface area contributed by atoms with Crippen LogP contribution in [0.2, 0.25) is 0 Å². The number of ether oxygens (including phenoxy) is 1. The highest BCUT2D eigenvalue weighted by molar-refractivity contribution is 5.89. The Morgan fingerprint density at radius 3 is 2.81 bits per heavy atom. The van der Waals surface area contributed by atoms with E-state index in [1.807, 2.05) is 0 Å². The minimum absolute atomic E-state index is 0.0743. The highest BCUT2D eigenvalue weighted by Crippen LogP contribution is 2.27. The zero-order valence-electron chi connectivity index (χ0n) is 8.61. The summed E-state index contributed by atoms with van der Waals surface area (Å²) >= 11 is 0. The topological polar surface area (TPSA) is 66.8 Å². The van der Waals surface area contributed by atoms with Gasteiger partial charge in [0.05, 0.1) is 6.61 Å². The highest BCUT2D eigenvalue weighted by Gasteiger charge is 2.07. The second-order valence-electron chi connectivity index (χ2n) is 2.96. The largest absolute Gasteiger partial charge is 0.504 e. The van der Waals surface area contributed by atoms with E-state index < -0.39 is 11.8 Å². The maximum atomic E-state index is 12.8. The van der Waals surface area contributed by atoms with Gasteiger partial charge >= 0.3 is 5.97 Å². The third kappa shape index (κ3) is 2.98. The van der Waals surface area contributed by atoms with Crippen molar-refractivity contribution in [1.29, 1.82) is 0 Å². The van der Waals surface area contributed by atoms with Crippen molar-refractivity contribution in [3.8, 4) is 11.5 Å². The fourth-order valence-corrected chi connectivity index (χ4v) is 1.10. The Hall–Kier alpha value is -2.04. The maximum absolute atomic E-state index is 12.8. The molecule has 0 aliphatic rings. The zero-order valence-corrected chi connectivity index (χ0v) is 8.61. The number of carboxylic acid groups (broad SMARTS) is 1. The maximum Gasteiger partial charge on any atom is 0.364 e. The summed E-state index contributed by atoms with van der Waals surface area (Å²) in [4.78, 5) is 10.3. The van der Waals surface area contributed by atoms with Gasteiger partial charge in [0.2, 0.25) is 5.83 Å². The zero-order chi connectivity index (χ0) is 12.1. The summed E-state index contributed by atoms with van der Waals surface area (Å²) in [6.45, 7) is 2.09. The SMILES string of the molecule is CCOc1cc(C=C(F)C(=O)O)ccc1O. The van der Waals surface area contributed by atoms with Crippen LogP contribution in [0.3, 0.4) is 0 Å². The minimum atomic E-state index is -1.63. The Labute approximate surface area is 91.6 Å². The lowest BCUT2D eigenvalue weighted by Gasteiger charge is -2.06. The lowest BCUT2D eigenvalue weighted by atomic mass is 10.2. The van der Waals surface area contributed by atoms with Gasteiger partial charge in [-0.3, -0.25) is 0 Å². The van der Waals surface area contributed by atoms with E-state index in [4.69, 9.17) is 9.84 Å². The van der Waals surface area contributed by atoms with E-state index in [9.17, 15) is 14.3 Å². The molecule has 0 radical (unpaired) electrons. The van der Waals surface area contributed by atoms with Gasteiger partial charge in [-0.25, -0.2) is 4.79 Å². The summed E-state index contributed by atoms with van der Waals surface area (Å²) in [6.07, 6.45) is 0.851. The second kappa shape index (κ2) is 5.16. The Balaban J connectivity index is 3.03. The van der Waals surface area contributed by atoms with Crippen molar-refractivity contribution in [3.63, 3.8) is 0 Å². The number of phenols is 1. The van der Waals surface area contributed by atoms with Crippen molar-refractivity contribution in [2.45, 2.75) is 6.92 Å². The van der Waals surface area contributed by atoms with E-state index in [1.165, 1.54) is 18.2 Å². The molecule has 5 heteroatoms. The standard InChI is InChI=1S/C11H11FO4/c1-2-16-10-6-7(3-4-9(10)13)5-8(12)11(14)15/h3-6,13H,2H2,1H3,(H,14,15). The summed E-state index contributed by atoms with van der Waals surface area (Å²) in [7, 11) is 0. The molecule has 0 bridgehead atoms. The number of carbonyl (C=O) groups is 1. The van der Waals surface area contributed by atoms with Crippen molar-refractivity contribution < 1.29 is 24.1 Å². The van der Waals surface area contributed by atoms with Crippen LogP contribution in [0.25, 0.3) is 6.08 Å². The van der Waals surface area contributed by atoms with Crippen molar-refractivity contribution in [2.24, 2.45) is 0 Å². The Morgan fingerprint density at radius 2 is 2.25 bits per heavy atom. The van der Waals surface area contributed by atoms with E-state index in [0.29, 0.717) is 12.2 Å². The van der Waals surface area contributed by atoms with Gasteiger partial charge in [-0.2, -0.15) is 4.39 Å². The highest BCUT2D eigenvalue weighted by atomic mass is 19.1. The molecule has 86 valence electrons. The number of hydrogen-bond donors (Lipinski definition) is 2. The van der Waals surface area contributed by atoms with Crippen LogP contribution in [0.1, 0.15) is 12.5 Å². The van der Waals surface area contributed by atoms with E-state index in [0.717, 1.165) is 6.08 Å². The first-order valence-electron chi connectivity index (χ1n) is 4.61. The molecule has 0 spiro atoms. The first-order chi connectivity index (χ1) is 7.54. The molecule has 0 atom stereocenters. The van der Waals surface area contributed by atoms with Gasteiger partial charge in [0.1, 0.15) is 0 Å². The minimum Gasteiger partial charge on any atom is -0.504 e. The third-order valence-electron chi connectivity index (χ3n) is 1.78. The van der Waals surface area contributed by atoms with E-state index in [-0.39, 0.29) is 11.5 Å². The number of aliphatic carboxylic acids is 1. The molecule has 16 heavy (non-hydrogen) atoms. The van der Waals surface area contributed by atoms with Crippen LogP contribution in [0, 0.1) is 0 Å². The average Bonchev–Trinajstić information content (AvgIpc) is 2.23. The van der Waals surface area contributed by atoms with Gasteiger partial charge < -0.3 is 14.9 Å². The monoisotopic (exact) mass is 226 g/mol. The van der Waals surface area contributed by atoms with Gasteiger partial charge in [0.25, 0.3) is 0 Å². The average molecular weight is 226 g/mol. The van der Waals surface area contributed by atoms with Crippen LogP contribution in [0.4, 0.5) is 4.39 Å². The molecule has 2 N–H and O–H groups in total. The molecule has 1 aromatic carbocycles. The normalized spacial score (nSPS) is 11.2. The predicted octanol–water partition coefficient (Wildman–Crippen LogP) is 2.19. The lowest BCUT2D eigenvalue weighted by molar-refractivity contribution is -0.134. The number of halogens is 1. The fraction of sp³-hybridized carbons (Fsp3) is 0.182. The molecule has 1 aromatic rings. The molecular formula is C11H11FO4. The first-order valence-corrected chi connectivity index (χ1v) is 4.61. The summed E-state index contributed by atoms with van der Waals surface area (Å²) in [5, 5.41) is 17.7. The molecule has 0 saturated heterocycles. The molecule has 0 aliphatic carbocycles. The summed E-state index contributed by atoms with van der Waals surface area (Å²) in [6, 6.07) is 4.06. The van der Waals surface area contributed by atoms with Crippen LogP contribution in [0.15, 0.2) is 24.0 Å². The predicted molar refractivity (Wildman–Crippen MR) is 56.0 cm³/mol. The third-order valence-corrected chi connectivity index (χ3v) is 1.78. The molecule has 0 aliphatic heterocycles.